The van der Waals surface area contributed by atoms with E-state index >= 15 is 0 Å². The predicted octanol–water partition coefficient (Wildman–Crippen LogP) is 7.07. The number of hydrogen-bond acceptors (Lipinski definition) is 4. The van der Waals surface area contributed by atoms with E-state index in [4.69, 9.17) is 0 Å². The first-order valence-electron chi connectivity index (χ1n) is 12.2. The van der Waals surface area contributed by atoms with Crippen LogP contribution in [0, 0.1) is 0 Å². The molecule has 1 atom stereocenters. The van der Waals surface area contributed by atoms with Crippen LogP contribution in [-0.2, 0) is 17.4 Å². The first kappa shape index (κ1) is 30.0. The fourth-order valence-electron chi connectivity index (χ4n) is 4.13. The first-order chi connectivity index (χ1) is 19.7. The van der Waals surface area contributed by atoms with Gasteiger partial charge in [0.2, 0.25) is 0 Å². The third-order valence-corrected chi connectivity index (χ3v) is 6.18. The highest BCUT2D eigenvalue weighted by molar-refractivity contribution is 6.00. The molecule has 0 fully saturated rings. The summed E-state index contributed by atoms with van der Waals surface area (Å²) in [6.45, 7) is 0. The van der Waals surface area contributed by atoms with Crippen molar-refractivity contribution in [3.8, 4) is 33.8 Å². The number of aliphatic carboxylic acids is 1. The average molecular weight is 589 g/mol. The quantitative estimate of drug-likeness (QED) is 0.191. The zero-order chi connectivity index (χ0) is 30.7. The molecule has 1 amide bonds. The Morgan fingerprint density at radius 3 is 1.90 bits per heavy atom. The molecule has 0 aliphatic carbocycles. The zero-order valence-electron chi connectivity index (χ0n) is 21.3. The summed E-state index contributed by atoms with van der Waals surface area (Å²) in [7, 11) is 0. The van der Waals surface area contributed by atoms with E-state index in [1.807, 2.05) is 0 Å². The minimum atomic E-state index is -4.85. The lowest BCUT2D eigenvalue weighted by Gasteiger charge is -2.16. The molecular formula is C30H21F6NO5. The van der Waals surface area contributed by atoms with Crippen LogP contribution in [0.15, 0.2) is 91.0 Å². The molecule has 0 saturated carbocycles. The van der Waals surface area contributed by atoms with Crippen molar-refractivity contribution >= 4 is 11.9 Å². The van der Waals surface area contributed by atoms with Gasteiger partial charge >= 0.3 is 18.5 Å². The molecule has 4 aromatic rings. The minimum Gasteiger partial charge on any atom is -0.507 e. The van der Waals surface area contributed by atoms with Gasteiger partial charge in [-0.2, -0.15) is 13.2 Å². The number of rotatable bonds is 8. The molecule has 0 bridgehead atoms. The largest absolute Gasteiger partial charge is 0.573 e. The summed E-state index contributed by atoms with van der Waals surface area (Å²) in [4.78, 5) is 24.9. The smallest absolute Gasteiger partial charge is 0.507 e. The van der Waals surface area contributed by atoms with Crippen molar-refractivity contribution in [1.82, 2.24) is 5.32 Å². The van der Waals surface area contributed by atoms with Gasteiger partial charge in [-0.3, -0.25) is 4.79 Å². The highest BCUT2D eigenvalue weighted by atomic mass is 19.4. The Hall–Kier alpha value is -5.00. The molecule has 3 N–H and O–H groups in total. The van der Waals surface area contributed by atoms with Crippen LogP contribution in [0.25, 0.3) is 22.3 Å². The molecular weight excluding hydrogens is 568 g/mol. The number of aromatic hydroxyl groups is 1. The predicted molar refractivity (Wildman–Crippen MR) is 140 cm³/mol. The van der Waals surface area contributed by atoms with E-state index in [1.165, 1.54) is 42.5 Å². The SMILES string of the molecule is O=C(N[C@@H](Cc1ccc(-c2cccc(OC(F)(F)F)c2)cc1)C(=O)O)c1cc(-c2ccc(C(F)(F)F)cc2)ccc1O. The van der Waals surface area contributed by atoms with Gasteiger partial charge in [-0.15, -0.1) is 13.2 Å². The summed E-state index contributed by atoms with van der Waals surface area (Å²) in [5.41, 5.74) is 0.958. The van der Waals surface area contributed by atoms with Gasteiger partial charge in [-0.05, 0) is 64.2 Å². The molecule has 12 heteroatoms. The van der Waals surface area contributed by atoms with Gasteiger partial charge in [0, 0.05) is 6.42 Å². The number of carboxylic acid groups (broad SMARTS) is 1. The molecule has 0 aromatic heterocycles. The molecule has 0 radical (unpaired) electrons. The van der Waals surface area contributed by atoms with Crippen molar-refractivity contribution in [3.05, 3.63) is 108 Å². The third kappa shape index (κ3) is 7.59. The van der Waals surface area contributed by atoms with Crippen molar-refractivity contribution in [1.29, 1.82) is 0 Å². The molecule has 4 rings (SSSR count). The third-order valence-electron chi connectivity index (χ3n) is 6.18. The van der Waals surface area contributed by atoms with Gasteiger partial charge in [-0.1, -0.05) is 54.6 Å². The average Bonchev–Trinajstić information content (AvgIpc) is 2.92. The van der Waals surface area contributed by atoms with Crippen LogP contribution in [-0.4, -0.2) is 34.5 Å². The number of nitrogens with one attached hydrogen (secondary N) is 1. The van der Waals surface area contributed by atoms with Crippen molar-refractivity contribution in [2.24, 2.45) is 0 Å². The Bertz CT molecular complexity index is 1580. The number of phenols is 1. The van der Waals surface area contributed by atoms with E-state index < -0.39 is 47.5 Å². The van der Waals surface area contributed by atoms with Crippen LogP contribution in [0.5, 0.6) is 11.5 Å². The maximum atomic E-state index is 12.9. The number of alkyl halides is 6. The fraction of sp³-hybridized carbons (Fsp3) is 0.133. The zero-order valence-corrected chi connectivity index (χ0v) is 21.3. The highest BCUT2D eigenvalue weighted by Crippen LogP contribution is 2.32. The molecule has 0 aliphatic rings. The van der Waals surface area contributed by atoms with E-state index in [9.17, 15) is 46.1 Å². The summed E-state index contributed by atoms with van der Waals surface area (Å²) in [6.07, 6.45) is -9.54. The maximum absolute atomic E-state index is 12.9. The number of carbonyl (C=O) groups excluding carboxylic acids is 1. The minimum absolute atomic E-state index is 0.169. The topological polar surface area (TPSA) is 95.9 Å². The van der Waals surface area contributed by atoms with E-state index in [0.717, 1.165) is 18.2 Å². The Morgan fingerprint density at radius 1 is 0.762 bits per heavy atom. The van der Waals surface area contributed by atoms with Gasteiger partial charge < -0.3 is 20.3 Å². The molecule has 0 aliphatic heterocycles. The highest BCUT2D eigenvalue weighted by Gasteiger charge is 2.31. The Balaban J connectivity index is 1.48. The van der Waals surface area contributed by atoms with E-state index in [1.54, 1.807) is 30.3 Å². The van der Waals surface area contributed by atoms with Crippen LogP contribution >= 0.6 is 0 Å². The van der Waals surface area contributed by atoms with Crippen LogP contribution in [0.3, 0.4) is 0 Å². The number of amides is 1. The Morgan fingerprint density at radius 2 is 1.33 bits per heavy atom. The standard InChI is InChI=1S/C30H21F6NO5/c31-29(32,33)22-11-8-19(9-12-22)21-10-13-26(38)24(16-21)27(39)37-25(28(40)41)14-17-4-6-18(7-5-17)20-2-1-3-23(15-20)42-30(34,35)36/h1-13,15-16,25,38H,14H2,(H,37,39)(H,40,41)/t25-/m0/s1. The van der Waals surface area contributed by atoms with E-state index in [2.05, 4.69) is 10.1 Å². The van der Waals surface area contributed by atoms with Gasteiger partial charge in [0.05, 0.1) is 11.1 Å². The second kappa shape index (κ2) is 11.9. The molecule has 0 unspecified atom stereocenters. The molecule has 4 aromatic carbocycles. The monoisotopic (exact) mass is 589 g/mol. The van der Waals surface area contributed by atoms with Crippen LogP contribution in [0.2, 0.25) is 0 Å². The van der Waals surface area contributed by atoms with Crippen molar-refractivity contribution in [2.75, 3.05) is 0 Å². The van der Waals surface area contributed by atoms with E-state index in [-0.39, 0.29) is 12.0 Å². The number of phenolic OH excluding ortho intramolecular Hbond substituents is 1. The molecule has 218 valence electrons. The Labute approximate surface area is 234 Å². The van der Waals surface area contributed by atoms with Crippen LogP contribution in [0.1, 0.15) is 21.5 Å². The van der Waals surface area contributed by atoms with Crippen molar-refractivity contribution in [3.63, 3.8) is 0 Å². The second-order valence-electron chi connectivity index (χ2n) is 9.15. The molecule has 0 spiro atoms. The maximum Gasteiger partial charge on any atom is 0.573 e. The second-order valence-corrected chi connectivity index (χ2v) is 9.15. The molecule has 0 saturated heterocycles. The van der Waals surface area contributed by atoms with Gasteiger partial charge in [0.1, 0.15) is 17.5 Å². The lowest BCUT2D eigenvalue weighted by atomic mass is 9.99. The number of carboxylic acids is 1. The number of benzene rings is 4. The van der Waals surface area contributed by atoms with Crippen LogP contribution < -0.4 is 10.1 Å². The summed E-state index contributed by atoms with van der Waals surface area (Å²) in [5.74, 6) is -3.16. The fourth-order valence-corrected chi connectivity index (χ4v) is 4.13. The van der Waals surface area contributed by atoms with Crippen LogP contribution in [0.4, 0.5) is 26.3 Å². The van der Waals surface area contributed by atoms with Gasteiger partial charge in [0.25, 0.3) is 5.91 Å². The van der Waals surface area contributed by atoms with E-state index in [0.29, 0.717) is 27.8 Å². The van der Waals surface area contributed by atoms with Gasteiger partial charge in [0.15, 0.2) is 0 Å². The number of halogens is 6. The summed E-state index contributed by atoms with van der Waals surface area (Å²) in [6, 6.07) is 18.1. The number of carbonyl (C=O) groups is 2. The lowest BCUT2D eigenvalue weighted by molar-refractivity contribution is -0.274. The lowest BCUT2D eigenvalue weighted by Crippen LogP contribution is -2.42. The summed E-state index contributed by atoms with van der Waals surface area (Å²) in [5, 5.41) is 22.3. The van der Waals surface area contributed by atoms with Crippen molar-refractivity contribution < 1.29 is 50.9 Å². The number of hydrogen-bond donors (Lipinski definition) is 3. The number of ether oxygens (including phenoxy) is 1. The molecule has 42 heavy (non-hydrogen) atoms. The van der Waals surface area contributed by atoms with Gasteiger partial charge in [-0.25, -0.2) is 4.79 Å². The first-order valence-corrected chi connectivity index (χ1v) is 12.2. The summed E-state index contributed by atoms with van der Waals surface area (Å²) < 4.78 is 80.2. The van der Waals surface area contributed by atoms with Crippen molar-refractivity contribution in [2.45, 2.75) is 25.0 Å². The summed E-state index contributed by atoms with van der Waals surface area (Å²) >= 11 is 0. The molecule has 0 heterocycles. The normalized spacial score (nSPS) is 12.4. The Kier molecular flexibility index (Phi) is 8.46. The molecule has 6 nitrogen and oxygen atoms in total.